The lowest BCUT2D eigenvalue weighted by Gasteiger charge is -2.17. The number of aromatic amines is 1. The van der Waals surface area contributed by atoms with Crippen LogP contribution in [0.1, 0.15) is 41.4 Å². The Balaban J connectivity index is 1.64. The van der Waals surface area contributed by atoms with Gasteiger partial charge in [0, 0.05) is 12.4 Å². The number of rotatable bonds is 6. The molecule has 2 aromatic carbocycles. The van der Waals surface area contributed by atoms with Crippen LogP contribution < -0.4 is 0 Å². The molecule has 8 heteroatoms. The summed E-state index contributed by atoms with van der Waals surface area (Å²) in [5.74, 6) is 0.539. The first-order chi connectivity index (χ1) is 16.2. The highest BCUT2D eigenvalue weighted by molar-refractivity contribution is 7.16. The fourth-order valence-corrected chi connectivity index (χ4v) is 4.71. The van der Waals surface area contributed by atoms with Crippen LogP contribution in [0.5, 0.6) is 0 Å². The van der Waals surface area contributed by atoms with Crippen LogP contribution in [0.3, 0.4) is 0 Å². The standard InChI is InChI=1S/C25H19ClN6S/c1-2-19(20-11-12-27-14-21(20)26)25(18-8-9-23-22(13-18)28-15-33-23)17-6-3-16(4-7-17)5-10-24-29-31-32-30-24/h3-15H,2H2,1H3,(H,29,30,31,32). The SMILES string of the molecule is CCC(=C(c1ccc(C=Cc2nn[nH]n2)cc1)c1ccc2scnc2c1)c1ccncc1Cl. The third-order valence-corrected chi connectivity index (χ3v) is 6.47. The van der Waals surface area contributed by atoms with Gasteiger partial charge in [-0.25, -0.2) is 4.98 Å². The molecule has 3 heterocycles. The Morgan fingerprint density at radius 3 is 2.67 bits per heavy atom. The Kier molecular flexibility index (Phi) is 6.06. The number of fused-ring (bicyclic) bond motifs is 1. The van der Waals surface area contributed by atoms with Gasteiger partial charge in [0.05, 0.1) is 20.7 Å². The van der Waals surface area contributed by atoms with Gasteiger partial charge in [-0.15, -0.1) is 21.5 Å². The lowest BCUT2D eigenvalue weighted by molar-refractivity contribution is 0.881. The molecule has 6 nitrogen and oxygen atoms in total. The number of aromatic nitrogens is 6. The van der Waals surface area contributed by atoms with Crippen LogP contribution in [0, 0.1) is 0 Å². The molecule has 0 saturated heterocycles. The first kappa shape index (κ1) is 21.2. The molecule has 3 aromatic heterocycles. The van der Waals surface area contributed by atoms with Crippen LogP contribution >= 0.6 is 22.9 Å². The van der Waals surface area contributed by atoms with Gasteiger partial charge in [-0.1, -0.05) is 54.9 Å². The summed E-state index contributed by atoms with van der Waals surface area (Å²) in [6, 6.07) is 16.8. The summed E-state index contributed by atoms with van der Waals surface area (Å²) < 4.78 is 1.17. The molecule has 5 aromatic rings. The van der Waals surface area contributed by atoms with Gasteiger partial charge in [0.1, 0.15) is 0 Å². The van der Waals surface area contributed by atoms with E-state index < -0.39 is 0 Å². The molecule has 0 aliphatic carbocycles. The summed E-state index contributed by atoms with van der Waals surface area (Å²) in [4.78, 5) is 8.69. The molecular formula is C25H19ClN6S. The fraction of sp³-hybridized carbons (Fsp3) is 0.0800. The minimum absolute atomic E-state index is 0.539. The highest BCUT2D eigenvalue weighted by Crippen LogP contribution is 2.38. The first-order valence-electron chi connectivity index (χ1n) is 10.4. The maximum atomic E-state index is 6.57. The second-order valence-corrected chi connectivity index (χ2v) is 8.62. The molecular weight excluding hydrogens is 452 g/mol. The molecule has 0 fully saturated rings. The van der Waals surface area contributed by atoms with Gasteiger partial charge in [0.15, 0.2) is 5.82 Å². The monoisotopic (exact) mass is 470 g/mol. The molecule has 33 heavy (non-hydrogen) atoms. The van der Waals surface area contributed by atoms with Gasteiger partial charge in [-0.3, -0.25) is 4.98 Å². The minimum Gasteiger partial charge on any atom is -0.263 e. The van der Waals surface area contributed by atoms with E-state index in [1.54, 1.807) is 23.7 Å². The molecule has 162 valence electrons. The van der Waals surface area contributed by atoms with Gasteiger partial charge in [0.2, 0.25) is 0 Å². The molecule has 0 aliphatic heterocycles. The number of nitrogens with zero attached hydrogens (tertiary/aromatic N) is 5. The predicted molar refractivity (Wildman–Crippen MR) is 135 cm³/mol. The molecule has 0 saturated carbocycles. The van der Waals surface area contributed by atoms with E-state index in [4.69, 9.17) is 11.6 Å². The van der Waals surface area contributed by atoms with Crippen LogP contribution in [0.25, 0.3) is 33.5 Å². The van der Waals surface area contributed by atoms with E-state index in [0.717, 1.165) is 45.3 Å². The largest absolute Gasteiger partial charge is 0.263 e. The van der Waals surface area contributed by atoms with Crippen molar-refractivity contribution in [3.05, 3.63) is 99.5 Å². The van der Waals surface area contributed by atoms with Gasteiger partial charge < -0.3 is 0 Å². The van der Waals surface area contributed by atoms with E-state index in [9.17, 15) is 0 Å². The van der Waals surface area contributed by atoms with Gasteiger partial charge >= 0.3 is 0 Å². The van der Waals surface area contributed by atoms with Gasteiger partial charge in [-0.05, 0) is 69.3 Å². The Labute approximate surface area is 199 Å². The number of H-pyrrole nitrogens is 1. The maximum Gasteiger partial charge on any atom is 0.197 e. The highest BCUT2D eigenvalue weighted by Gasteiger charge is 2.16. The fourth-order valence-electron chi connectivity index (χ4n) is 3.82. The zero-order valence-electron chi connectivity index (χ0n) is 17.7. The molecule has 0 atom stereocenters. The number of pyridine rings is 1. The molecule has 0 unspecified atom stereocenters. The second-order valence-electron chi connectivity index (χ2n) is 7.32. The number of allylic oxidation sites excluding steroid dienone is 1. The van der Waals surface area contributed by atoms with Crippen LogP contribution in [0.15, 0.2) is 66.4 Å². The topological polar surface area (TPSA) is 80.2 Å². The molecule has 0 aliphatic rings. The third-order valence-electron chi connectivity index (χ3n) is 5.36. The number of thiazole rings is 1. The van der Waals surface area contributed by atoms with Crippen molar-refractivity contribution in [1.82, 2.24) is 30.6 Å². The van der Waals surface area contributed by atoms with E-state index >= 15 is 0 Å². The molecule has 0 bridgehead atoms. The third kappa shape index (κ3) is 4.46. The Morgan fingerprint density at radius 2 is 1.91 bits per heavy atom. The Hall–Kier alpha value is -3.68. The highest BCUT2D eigenvalue weighted by atomic mass is 35.5. The summed E-state index contributed by atoms with van der Waals surface area (Å²) in [5, 5.41) is 14.6. The molecule has 0 spiro atoms. The van der Waals surface area contributed by atoms with E-state index in [2.05, 4.69) is 80.0 Å². The first-order valence-corrected chi connectivity index (χ1v) is 11.7. The number of hydrogen-bond acceptors (Lipinski definition) is 6. The molecule has 5 rings (SSSR count). The van der Waals surface area contributed by atoms with E-state index in [1.165, 1.54) is 4.70 Å². The van der Waals surface area contributed by atoms with Crippen molar-refractivity contribution >= 4 is 56.5 Å². The lowest BCUT2D eigenvalue weighted by Crippen LogP contribution is -1.96. The zero-order valence-corrected chi connectivity index (χ0v) is 19.3. The zero-order chi connectivity index (χ0) is 22.6. The van der Waals surface area contributed by atoms with Crippen molar-refractivity contribution in [2.24, 2.45) is 0 Å². The van der Waals surface area contributed by atoms with Crippen LogP contribution in [0.2, 0.25) is 5.02 Å². The van der Waals surface area contributed by atoms with E-state index in [0.29, 0.717) is 10.8 Å². The Bertz CT molecular complexity index is 1450. The van der Waals surface area contributed by atoms with Crippen LogP contribution in [-0.2, 0) is 0 Å². The number of nitrogens with one attached hydrogen (secondary N) is 1. The van der Waals surface area contributed by atoms with Crippen molar-refractivity contribution < 1.29 is 0 Å². The number of benzene rings is 2. The summed E-state index contributed by atoms with van der Waals surface area (Å²) in [6.07, 6.45) is 8.07. The number of hydrogen-bond donors (Lipinski definition) is 1. The minimum atomic E-state index is 0.539. The van der Waals surface area contributed by atoms with Gasteiger partial charge in [-0.2, -0.15) is 5.21 Å². The van der Waals surface area contributed by atoms with Crippen molar-refractivity contribution in [3.8, 4) is 0 Å². The van der Waals surface area contributed by atoms with Crippen molar-refractivity contribution in [3.63, 3.8) is 0 Å². The summed E-state index contributed by atoms with van der Waals surface area (Å²) in [6.45, 7) is 2.15. The lowest BCUT2D eigenvalue weighted by atomic mass is 9.88. The van der Waals surface area contributed by atoms with Crippen molar-refractivity contribution in [2.45, 2.75) is 13.3 Å². The number of tetrazole rings is 1. The molecule has 1 N–H and O–H groups in total. The summed E-state index contributed by atoms with van der Waals surface area (Å²) in [5.41, 5.74) is 9.40. The maximum absolute atomic E-state index is 6.57. The predicted octanol–water partition coefficient (Wildman–Crippen LogP) is 6.40. The average Bonchev–Trinajstić information content (AvgIpc) is 3.54. The normalized spacial score (nSPS) is 12.4. The van der Waals surface area contributed by atoms with Crippen molar-refractivity contribution in [1.29, 1.82) is 0 Å². The summed E-state index contributed by atoms with van der Waals surface area (Å²) >= 11 is 8.22. The van der Waals surface area contributed by atoms with Gasteiger partial charge in [0.25, 0.3) is 0 Å². The number of halogens is 1. The molecule has 0 radical (unpaired) electrons. The van der Waals surface area contributed by atoms with Crippen LogP contribution in [-0.4, -0.2) is 30.6 Å². The second kappa shape index (κ2) is 9.44. The Morgan fingerprint density at radius 1 is 1.06 bits per heavy atom. The summed E-state index contributed by atoms with van der Waals surface area (Å²) in [7, 11) is 0. The van der Waals surface area contributed by atoms with E-state index in [1.807, 2.05) is 23.7 Å². The quantitative estimate of drug-likeness (QED) is 0.310. The molecule has 0 amide bonds. The smallest absolute Gasteiger partial charge is 0.197 e. The van der Waals surface area contributed by atoms with E-state index in [-0.39, 0.29) is 0 Å². The van der Waals surface area contributed by atoms with Crippen molar-refractivity contribution in [2.75, 3.05) is 0 Å². The average molecular weight is 471 g/mol. The van der Waals surface area contributed by atoms with Crippen LogP contribution in [0.4, 0.5) is 0 Å².